The highest BCUT2D eigenvalue weighted by Crippen LogP contribution is 2.72. The molecule has 2 saturated carbocycles. The highest BCUT2D eigenvalue weighted by molar-refractivity contribution is 6.61. The summed E-state index contributed by atoms with van der Waals surface area (Å²) in [5, 5.41) is 11.4. The molecular weight excluding hydrogens is 486 g/mol. The van der Waals surface area contributed by atoms with Crippen molar-refractivity contribution in [3.8, 4) is 0 Å². The molecule has 1 aliphatic heterocycles. The van der Waals surface area contributed by atoms with Crippen molar-refractivity contribution < 1.29 is 42.5 Å². The highest BCUT2D eigenvalue weighted by Gasteiger charge is 2.80. The van der Waals surface area contributed by atoms with Crippen LogP contribution in [0.5, 0.6) is 0 Å². The molecular formula is C25H29ClF2O7. The zero-order valence-electron chi connectivity index (χ0n) is 20.0. The molecule has 1 N–H and O–H groups in total. The van der Waals surface area contributed by atoms with Crippen LogP contribution in [0.3, 0.4) is 0 Å². The Labute approximate surface area is 206 Å². The quantitative estimate of drug-likeness (QED) is 0.566. The van der Waals surface area contributed by atoms with Crippen LogP contribution in [-0.2, 0) is 23.8 Å². The minimum Gasteiger partial charge on any atom is -0.446 e. The van der Waals surface area contributed by atoms with Crippen LogP contribution in [0.25, 0.3) is 0 Å². The fourth-order valence-electron chi connectivity index (χ4n) is 8.01. The van der Waals surface area contributed by atoms with Gasteiger partial charge in [-0.05, 0) is 51.2 Å². The summed E-state index contributed by atoms with van der Waals surface area (Å²) in [6.45, 7) is 5.86. The van der Waals surface area contributed by atoms with Crippen LogP contribution in [-0.4, -0.2) is 58.0 Å². The van der Waals surface area contributed by atoms with E-state index < -0.39 is 75.6 Å². The van der Waals surface area contributed by atoms with Crippen molar-refractivity contribution in [3.63, 3.8) is 0 Å². The second-order valence-electron chi connectivity index (χ2n) is 11.4. The van der Waals surface area contributed by atoms with E-state index in [1.807, 2.05) is 0 Å². The normalized spacial score (nSPS) is 47.6. The molecule has 4 aliphatic carbocycles. The van der Waals surface area contributed by atoms with Crippen LogP contribution in [0.4, 0.5) is 13.6 Å². The Hall–Kier alpha value is -1.68. The topological polar surface area (TPSA) is 99.1 Å². The third kappa shape index (κ3) is 3.01. The lowest BCUT2D eigenvalue weighted by molar-refractivity contribution is -0.244. The lowest BCUT2D eigenvalue weighted by atomic mass is 9.45. The second-order valence-corrected chi connectivity index (χ2v) is 11.7. The molecule has 5 aliphatic rings. The smallest absolute Gasteiger partial charge is 0.404 e. The lowest BCUT2D eigenvalue weighted by Gasteiger charge is -2.62. The van der Waals surface area contributed by atoms with Crippen LogP contribution < -0.4 is 0 Å². The summed E-state index contributed by atoms with van der Waals surface area (Å²) < 4.78 is 49.9. The number of ether oxygens (including phenoxy) is 3. The molecule has 1 saturated heterocycles. The van der Waals surface area contributed by atoms with E-state index in [0.29, 0.717) is 0 Å². The van der Waals surface area contributed by atoms with Gasteiger partial charge in [0, 0.05) is 41.2 Å². The Bertz CT molecular complexity index is 1090. The summed E-state index contributed by atoms with van der Waals surface area (Å²) >= 11 is 5.28. The first-order valence-corrected chi connectivity index (χ1v) is 12.2. The number of ketones is 2. The highest BCUT2D eigenvalue weighted by atomic mass is 35.5. The van der Waals surface area contributed by atoms with Gasteiger partial charge in [-0.2, -0.15) is 0 Å². The van der Waals surface area contributed by atoms with Crippen molar-refractivity contribution in [3.05, 3.63) is 23.6 Å². The number of allylic oxidation sites excluding steroid dienone is 4. The van der Waals surface area contributed by atoms with E-state index >= 15 is 8.78 Å². The number of aliphatic hydroxyl groups excluding tert-OH is 1. The number of aliphatic hydroxyl groups is 1. The minimum absolute atomic E-state index is 0.0676. The molecule has 3 fully saturated rings. The van der Waals surface area contributed by atoms with Crippen LogP contribution in [0.15, 0.2) is 23.6 Å². The second kappa shape index (κ2) is 7.43. The van der Waals surface area contributed by atoms with Crippen LogP contribution in [0.2, 0.25) is 0 Å². The van der Waals surface area contributed by atoms with Crippen molar-refractivity contribution in [2.75, 3.05) is 6.61 Å². The average Bonchev–Trinajstić information content (AvgIpc) is 3.16. The fourth-order valence-corrected chi connectivity index (χ4v) is 8.06. The molecule has 0 aromatic heterocycles. The largest absolute Gasteiger partial charge is 0.446 e. The van der Waals surface area contributed by atoms with Gasteiger partial charge in [-0.15, -0.1) is 0 Å². The number of Topliss-reactive ketones (excluding diaryl/α,β-unsaturated/α-hetero) is 1. The predicted molar refractivity (Wildman–Crippen MR) is 119 cm³/mol. The van der Waals surface area contributed by atoms with Gasteiger partial charge in [0.1, 0.15) is 5.83 Å². The molecule has 7 nitrogen and oxygen atoms in total. The number of hydrogen-bond donors (Lipinski definition) is 1. The minimum atomic E-state index is -2.28. The number of alkyl halides is 1. The van der Waals surface area contributed by atoms with Crippen LogP contribution >= 0.6 is 11.6 Å². The molecule has 1 heterocycles. The molecule has 0 spiro atoms. The summed E-state index contributed by atoms with van der Waals surface area (Å²) in [4.78, 5) is 36.8. The molecule has 0 aromatic carbocycles. The van der Waals surface area contributed by atoms with E-state index in [2.05, 4.69) is 0 Å². The number of carbonyl (C=O) groups is 3. The third-order valence-corrected chi connectivity index (χ3v) is 9.49. The summed E-state index contributed by atoms with van der Waals surface area (Å²) in [6.07, 6.45) is -0.321. The monoisotopic (exact) mass is 514 g/mol. The molecule has 0 radical (unpaired) electrons. The van der Waals surface area contributed by atoms with Crippen molar-refractivity contribution in [2.45, 2.75) is 82.6 Å². The molecule has 2 unspecified atom stereocenters. The molecule has 35 heavy (non-hydrogen) atoms. The Morgan fingerprint density at radius 1 is 1.26 bits per heavy atom. The average molecular weight is 515 g/mol. The van der Waals surface area contributed by atoms with Crippen molar-refractivity contribution in [1.29, 1.82) is 0 Å². The van der Waals surface area contributed by atoms with Gasteiger partial charge >= 0.3 is 5.43 Å². The van der Waals surface area contributed by atoms with E-state index in [9.17, 15) is 19.5 Å². The van der Waals surface area contributed by atoms with Gasteiger partial charge in [0.25, 0.3) is 0 Å². The Morgan fingerprint density at radius 2 is 1.94 bits per heavy atom. The third-order valence-electron chi connectivity index (χ3n) is 9.38. The molecule has 5 rings (SSSR count). The van der Waals surface area contributed by atoms with E-state index in [1.54, 1.807) is 20.8 Å². The Balaban J connectivity index is 1.63. The van der Waals surface area contributed by atoms with E-state index in [-0.39, 0.29) is 37.0 Å². The van der Waals surface area contributed by atoms with Crippen molar-refractivity contribution >= 4 is 28.6 Å². The molecule has 10 heteroatoms. The van der Waals surface area contributed by atoms with Gasteiger partial charge in [0.05, 0.1) is 12.2 Å². The van der Waals surface area contributed by atoms with Gasteiger partial charge in [-0.3, -0.25) is 9.59 Å². The SMILES string of the molecule is CC1(C)O[C@@H]2CC3C4CC(F)=C5CC(=O)C=C[C@]5(C)[C@@]4(F)[C@@H](O)C[C@]3(C)[C@]2(C(=O)COC(=O)Cl)O1. The zero-order chi connectivity index (χ0) is 25.8. The van der Waals surface area contributed by atoms with Crippen molar-refractivity contribution in [2.24, 2.45) is 22.7 Å². The van der Waals surface area contributed by atoms with E-state index in [0.717, 1.165) is 0 Å². The van der Waals surface area contributed by atoms with E-state index in [1.165, 1.54) is 19.1 Å². The number of carbonyl (C=O) groups excluding carboxylic acids is 3. The number of rotatable bonds is 3. The summed E-state index contributed by atoms with van der Waals surface area (Å²) in [5.41, 5.74) is -7.70. The molecule has 0 bridgehead atoms. The fraction of sp³-hybridized carbons (Fsp3) is 0.720. The predicted octanol–water partition coefficient (Wildman–Crippen LogP) is 4.10. The van der Waals surface area contributed by atoms with Gasteiger partial charge in [-0.1, -0.05) is 13.0 Å². The summed E-state index contributed by atoms with van der Waals surface area (Å²) in [7, 11) is 0. The Kier molecular flexibility index (Phi) is 5.31. The van der Waals surface area contributed by atoms with Crippen LogP contribution in [0, 0.1) is 22.7 Å². The maximum atomic E-state index is 17.3. The van der Waals surface area contributed by atoms with Crippen LogP contribution in [0.1, 0.15) is 53.4 Å². The van der Waals surface area contributed by atoms with Gasteiger partial charge < -0.3 is 19.3 Å². The van der Waals surface area contributed by atoms with E-state index in [4.69, 9.17) is 25.8 Å². The van der Waals surface area contributed by atoms with Gasteiger partial charge in [0.15, 0.2) is 29.4 Å². The molecule has 8 atom stereocenters. The number of hydrogen-bond acceptors (Lipinski definition) is 7. The molecule has 192 valence electrons. The van der Waals surface area contributed by atoms with Gasteiger partial charge in [0.2, 0.25) is 5.78 Å². The summed E-state index contributed by atoms with van der Waals surface area (Å²) in [6, 6.07) is 0. The Morgan fingerprint density at radius 3 is 2.60 bits per heavy atom. The molecule has 0 amide bonds. The van der Waals surface area contributed by atoms with Crippen molar-refractivity contribution in [1.82, 2.24) is 0 Å². The zero-order valence-corrected chi connectivity index (χ0v) is 20.8. The number of halogens is 3. The standard InChI is InChI=1S/C25H29ClF2O7/c1-21(2)34-19-9-13-14-8-16(27)15-7-12(29)5-6-22(15,3)24(14,28)17(30)10-23(13,4)25(19,35-21)18(31)11-33-20(26)32/h5-6,13-14,17,19,30H,7-11H2,1-4H3/t13?,14?,17-,19+,22-,23-,24-,25+/m0/s1. The summed E-state index contributed by atoms with van der Waals surface area (Å²) in [5.74, 6) is -4.27. The maximum absolute atomic E-state index is 17.3. The first-order valence-electron chi connectivity index (χ1n) is 11.8. The first-order chi connectivity index (χ1) is 16.1. The van der Waals surface area contributed by atoms with Gasteiger partial charge in [-0.25, -0.2) is 13.6 Å². The maximum Gasteiger partial charge on any atom is 0.404 e. The number of fused-ring (bicyclic) bond motifs is 7. The molecule has 0 aromatic rings. The first kappa shape index (κ1) is 25.0. The lowest BCUT2D eigenvalue weighted by Crippen LogP contribution is -2.70.